The number of amides is 1. The summed E-state index contributed by atoms with van der Waals surface area (Å²) < 4.78 is 5.52. The Bertz CT molecular complexity index is 347. The zero-order chi connectivity index (χ0) is 12.7. The van der Waals surface area contributed by atoms with Crippen molar-refractivity contribution in [1.82, 2.24) is 5.43 Å². The number of ether oxygens (including phenoxy) is 1. The second kappa shape index (κ2) is 7.04. The number of carbonyl (C=O) groups is 1. The standard InChI is InChI=1S/C13H20N2O2/c1-10(2)8-17-9-12-5-3-11(4-6-12)7-13(16)15-14/h3-6,10H,7-9,14H2,1-2H3,(H,15,16). The summed E-state index contributed by atoms with van der Waals surface area (Å²) in [6, 6.07) is 7.78. The third-order valence-corrected chi connectivity index (χ3v) is 2.27. The topological polar surface area (TPSA) is 64.3 Å². The van der Waals surface area contributed by atoms with Gasteiger partial charge in [0.25, 0.3) is 0 Å². The minimum atomic E-state index is -0.186. The minimum Gasteiger partial charge on any atom is -0.377 e. The van der Waals surface area contributed by atoms with E-state index >= 15 is 0 Å². The molecule has 0 aliphatic rings. The van der Waals surface area contributed by atoms with E-state index in [4.69, 9.17) is 10.6 Å². The smallest absolute Gasteiger partial charge is 0.238 e. The molecule has 1 rings (SSSR count). The summed E-state index contributed by atoms with van der Waals surface area (Å²) in [6.45, 7) is 5.61. The van der Waals surface area contributed by atoms with Crippen LogP contribution in [0.15, 0.2) is 24.3 Å². The molecule has 1 aromatic rings. The van der Waals surface area contributed by atoms with Crippen molar-refractivity contribution in [3.05, 3.63) is 35.4 Å². The molecule has 0 saturated carbocycles. The van der Waals surface area contributed by atoms with Crippen LogP contribution >= 0.6 is 0 Å². The second-order valence-corrected chi connectivity index (χ2v) is 4.47. The highest BCUT2D eigenvalue weighted by Gasteiger charge is 2.01. The fourth-order valence-electron chi connectivity index (χ4n) is 1.40. The average molecular weight is 236 g/mol. The molecular formula is C13H20N2O2. The number of nitrogens with one attached hydrogen (secondary N) is 1. The van der Waals surface area contributed by atoms with E-state index in [0.717, 1.165) is 17.7 Å². The molecule has 0 bridgehead atoms. The lowest BCUT2D eigenvalue weighted by molar-refractivity contribution is -0.120. The minimum absolute atomic E-state index is 0.186. The predicted molar refractivity (Wildman–Crippen MR) is 67.0 cm³/mol. The SMILES string of the molecule is CC(C)COCc1ccc(CC(=O)NN)cc1. The van der Waals surface area contributed by atoms with Gasteiger partial charge in [-0.2, -0.15) is 0 Å². The van der Waals surface area contributed by atoms with Crippen LogP contribution in [0.3, 0.4) is 0 Å². The molecule has 0 spiro atoms. The van der Waals surface area contributed by atoms with E-state index in [2.05, 4.69) is 19.3 Å². The summed E-state index contributed by atoms with van der Waals surface area (Å²) in [5.41, 5.74) is 4.17. The van der Waals surface area contributed by atoms with Crippen molar-refractivity contribution in [3.63, 3.8) is 0 Å². The first-order chi connectivity index (χ1) is 8.11. The molecule has 0 aliphatic carbocycles. The quantitative estimate of drug-likeness (QED) is 0.445. The van der Waals surface area contributed by atoms with Crippen LogP contribution in [0, 0.1) is 5.92 Å². The van der Waals surface area contributed by atoms with E-state index in [-0.39, 0.29) is 5.91 Å². The molecule has 3 N–H and O–H groups in total. The first-order valence-electron chi connectivity index (χ1n) is 5.77. The summed E-state index contributed by atoms with van der Waals surface area (Å²) in [4.78, 5) is 11.1. The van der Waals surface area contributed by atoms with Gasteiger partial charge < -0.3 is 4.74 Å². The Labute approximate surface area is 102 Å². The van der Waals surface area contributed by atoms with Crippen LogP contribution in [0.25, 0.3) is 0 Å². The van der Waals surface area contributed by atoms with Crippen molar-refractivity contribution in [2.75, 3.05) is 6.61 Å². The molecule has 4 heteroatoms. The maximum absolute atomic E-state index is 11.1. The Morgan fingerprint density at radius 1 is 1.29 bits per heavy atom. The van der Waals surface area contributed by atoms with E-state index in [1.807, 2.05) is 24.3 Å². The van der Waals surface area contributed by atoms with Gasteiger partial charge in [0.1, 0.15) is 0 Å². The molecule has 0 aromatic heterocycles. The summed E-state index contributed by atoms with van der Waals surface area (Å²) >= 11 is 0. The number of hydrogen-bond donors (Lipinski definition) is 2. The van der Waals surface area contributed by atoms with E-state index in [1.165, 1.54) is 0 Å². The fourth-order valence-corrected chi connectivity index (χ4v) is 1.40. The van der Waals surface area contributed by atoms with Crippen LogP contribution in [0.5, 0.6) is 0 Å². The molecule has 0 fully saturated rings. The van der Waals surface area contributed by atoms with Gasteiger partial charge in [-0.25, -0.2) is 5.84 Å². The fraction of sp³-hybridized carbons (Fsp3) is 0.462. The van der Waals surface area contributed by atoms with Crippen LogP contribution in [0.2, 0.25) is 0 Å². The first-order valence-corrected chi connectivity index (χ1v) is 5.77. The molecular weight excluding hydrogens is 216 g/mol. The molecule has 0 radical (unpaired) electrons. The number of hydrazine groups is 1. The van der Waals surface area contributed by atoms with Crippen LogP contribution in [0.4, 0.5) is 0 Å². The molecule has 0 aliphatic heterocycles. The summed E-state index contributed by atoms with van der Waals surface area (Å²) in [7, 11) is 0. The molecule has 0 saturated heterocycles. The third-order valence-electron chi connectivity index (χ3n) is 2.27. The van der Waals surface area contributed by atoms with Gasteiger partial charge in [0.05, 0.1) is 13.0 Å². The third kappa shape index (κ3) is 5.47. The van der Waals surface area contributed by atoms with Crippen LogP contribution < -0.4 is 11.3 Å². The zero-order valence-electron chi connectivity index (χ0n) is 10.4. The van der Waals surface area contributed by atoms with E-state index in [1.54, 1.807) is 0 Å². The molecule has 1 aromatic carbocycles. The second-order valence-electron chi connectivity index (χ2n) is 4.47. The van der Waals surface area contributed by atoms with Gasteiger partial charge in [-0.05, 0) is 17.0 Å². The van der Waals surface area contributed by atoms with Crippen molar-refractivity contribution >= 4 is 5.91 Å². The van der Waals surface area contributed by atoms with E-state index in [0.29, 0.717) is 18.9 Å². The monoisotopic (exact) mass is 236 g/mol. The average Bonchev–Trinajstić information content (AvgIpc) is 2.31. The van der Waals surface area contributed by atoms with Crippen molar-refractivity contribution in [2.24, 2.45) is 11.8 Å². The molecule has 0 unspecified atom stereocenters. The lowest BCUT2D eigenvalue weighted by Crippen LogP contribution is -2.31. The Hall–Kier alpha value is -1.39. The molecule has 1 amide bonds. The van der Waals surface area contributed by atoms with Gasteiger partial charge in [0, 0.05) is 6.61 Å². The summed E-state index contributed by atoms with van der Waals surface area (Å²) in [6.07, 6.45) is 0.309. The van der Waals surface area contributed by atoms with Crippen molar-refractivity contribution in [1.29, 1.82) is 0 Å². The summed E-state index contributed by atoms with van der Waals surface area (Å²) in [5, 5.41) is 0. The van der Waals surface area contributed by atoms with Crippen molar-refractivity contribution in [3.8, 4) is 0 Å². The predicted octanol–water partition coefficient (Wildman–Crippen LogP) is 1.39. The zero-order valence-corrected chi connectivity index (χ0v) is 10.4. The molecule has 0 heterocycles. The summed E-state index contributed by atoms with van der Waals surface area (Å²) in [5.74, 6) is 5.38. The number of carbonyl (C=O) groups excluding carboxylic acids is 1. The highest BCUT2D eigenvalue weighted by atomic mass is 16.5. The first kappa shape index (κ1) is 13.7. The van der Waals surface area contributed by atoms with Crippen molar-refractivity contribution in [2.45, 2.75) is 26.9 Å². The number of benzene rings is 1. The Kier molecular flexibility index (Phi) is 5.66. The van der Waals surface area contributed by atoms with Gasteiger partial charge in [-0.1, -0.05) is 38.1 Å². The maximum atomic E-state index is 11.1. The van der Waals surface area contributed by atoms with Gasteiger partial charge >= 0.3 is 0 Å². The highest BCUT2D eigenvalue weighted by Crippen LogP contribution is 2.07. The highest BCUT2D eigenvalue weighted by molar-refractivity contribution is 5.77. The molecule has 94 valence electrons. The molecule has 17 heavy (non-hydrogen) atoms. The van der Waals surface area contributed by atoms with E-state index < -0.39 is 0 Å². The normalized spacial score (nSPS) is 10.6. The lowest BCUT2D eigenvalue weighted by Gasteiger charge is -2.07. The molecule has 4 nitrogen and oxygen atoms in total. The number of rotatable bonds is 6. The number of hydrogen-bond acceptors (Lipinski definition) is 3. The van der Waals surface area contributed by atoms with Crippen LogP contribution in [-0.4, -0.2) is 12.5 Å². The Morgan fingerprint density at radius 3 is 2.41 bits per heavy atom. The van der Waals surface area contributed by atoms with Gasteiger partial charge in [0.15, 0.2) is 0 Å². The van der Waals surface area contributed by atoms with Gasteiger partial charge in [-0.15, -0.1) is 0 Å². The number of nitrogens with two attached hydrogens (primary N) is 1. The van der Waals surface area contributed by atoms with Gasteiger partial charge in [0.2, 0.25) is 5.91 Å². The maximum Gasteiger partial charge on any atom is 0.238 e. The molecule has 0 atom stereocenters. The lowest BCUT2D eigenvalue weighted by atomic mass is 10.1. The van der Waals surface area contributed by atoms with Crippen LogP contribution in [-0.2, 0) is 22.6 Å². The van der Waals surface area contributed by atoms with E-state index in [9.17, 15) is 4.79 Å². The van der Waals surface area contributed by atoms with Gasteiger partial charge in [-0.3, -0.25) is 10.2 Å². The van der Waals surface area contributed by atoms with Crippen molar-refractivity contribution < 1.29 is 9.53 Å². The largest absolute Gasteiger partial charge is 0.377 e. The Morgan fingerprint density at radius 2 is 1.88 bits per heavy atom. The van der Waals surface area contributed by atoms with Crippen LogP contribution in [0.1, 0.15) is 25.0 Å². The Balaban J connectivity index is 2.42.